The maximum Gasteiger partial charge on any atom is 0.272 e. The van der Waals surface area contributed by atoms with Crippen molar-refractivity contribution in [3.05, 3.63) is 63.2 Å². The van der Waals surface area contributed by atoms with Crippen molar-refractivity contribution < 1.29 is 27.9 Å². The van der Waals surface area contributed by atoms with Crippen LogP contribution in [0.3, 0.4) is 0 Å². The van der Waals surface area contributed by atoms with Crippen molar-refractivity contribution in [2.24, 2.45) is 0 Å². The summed E-state index contributed by atoms with van der Waals surface area (Å²) in [5, 5.41) is 10.6. The zero-order valence-corrected chi connectivity index (χ0v) is 11.8. The highest BCUT2D eigenvalue weighted by Crippen LogP contribution is 2.31. The first-order valence-corrected chi connectivity index (χ1v) is 6.63. The van der Waals surface area contributed by atoms with Crippen LogP contribution in [0.1, 0.15) is 11.1 Å². The van der Waals surface area contributed by atoms with E-state index in [1.165, 1.54) is 12.1 Å². The second kappa shape index (κ2) is 6.17. The third-order valence-electron chi connectivity index (χ3n) is 3.26. The lowest BCUT2D eigenvalue weighted by Crippen LogP contribution is -2.14. The molecule has 1 aliphatic heterocycles. The Kier molecular flexibility index (Phi) is 4.07. The SMILES string of the molecule is O=[N+]([O-])c1ccc(OCc2cc(F)cc3c2OCOC3)c(F)c1. The van der Waals surface area contributed by atoms with E-state index in [0.29, 0.717) is 16.9 Å². The molecule has 120 valence electrons. The van der Waals surface area contributed by atoms with Crippen LogP contribution in [0.15, 0.2) is 30.3 Å². The molecule has 0 aromatic heterocycles. The van der Waals surface area contributed by atoms with Gasteiger partial charge in [-0.3, -0.25) is 10.1 Å². The van der Waals surface area contributed by atoms with Gasteiger partial charge in [0, 0.05) is 17.2 Å². The van der Waals surface area contributed by atoms with Gasteiger partial charge in [-0.15, -0.1) is 0 Å². The van der Waals surface area contributed by atoms with E-state index in [2.05, 4.69) is 0 Å². The number of benzene rings is 2. The number of halogens is 2. The zero-order chi connectivity index (χ0) is 16.4. The summed E-state index contributed by atoms with van der Waals surface area (Å²) in [4.78, 5) is 9.87. The van der Waals surface area contributed by atoms with Gasteiger partial charge in [-0.2, -0.15) is 0 Å². The second-order valence-corrected chi connectivity index (χ2v) is 4.82. The van der Waals surface area contributed by atoms with Gasteiger partial charge >= 0.3 is 0 Å². The predicted octanol–water partition coefficient (Wildman–Crippen LogP) is 3.32. The number of rotatable bonds is 4. The molecule has 0 saturated heterocycles. The quantitative estimate of drug-likeness (QED) is 0.637. The Morgan fingerprint density at radius 2 is 2.09 bits per heavy atom. The van der Waals surface area contributed by atoms with Crippen LogP contribution < -0.4 is 9.47 Å². The number of fused-ring (bicyclic) bond motifs is 1. The molecule has 0 amide bonds. The number of ether oxygens (including phenoxy) is 3. The summed E-state index contributed by atoms with van der Waals surface area (Å²) in [6.45, 7) is 0.109. The molecule has 0 fully saturated rings. The van der Waals surface area contributed by atoms with Crippen molar-refractivity contribution in [2.45, 2.75) is 13.2 Å². The van der Waals surface area contributed by atoms with Crippen molar-refractivity contribution in [1.29, 1.82) is 0 Å². The molecule has 23 heavy (non-hydrogen) atoms. The van der Waals surface area contributed by atoms with Crippen LogP contribution in [0.5, 0.6) is 11.5 Å². The van der Waals surface area contributed by atoms with Crippen LogP contribution >= 0.6 is 0 Å². The summed E-state index contributed by atoms with van der Waals surface area (Å²) in [6.07, 6.45) is 0. The summed E-state index contributed by atoms with van der Waals surface area (Å²) in [7, 11) is 0. The minimum Gasteiger partial charge on any atom is -0.486 e. The summed E-state index contributed by atoms with van der Waals surface area (Å²) < 4.78 is 43.1. The highest BCUT2D eigenvalue weighted by Gasteiger charge is 2.18. The largest absolute Gasteiger partial charge is 0.486 e. The fraction of sp³-hybridized carbons (Fsp3) is 0.200. The highest BCUT2D eigenvalue weighted by molar-refractivity contribution is 5.43. The van der Waals surface area contributed by atoms with E-state index in [4.69, 9.17) is 14.2 Å². The zero-order valence-electron chi connectivity index (χ0n) is 11.8. The van der Waals surface area contributed by atoms with Gasteiger partial charge in [-0.25, -0.2) is 8.78 Å². The van der Waals surface area contributed by atoms with Crippen molar-refractivity contribution in [3.63, 3.8) is 0 Å². The number of nitrogens with zero attached hydrogens (tertiary/aromatic N) is 1. The van der Waals surface area contributed by atoms with Crippen LogP contribution in [-0.4, -0.2) is 11.7 Å². The molecule has 0 saturated carbocycles. The highest BCUT2D eigenvalue weighted by atomic mass is 19.1. The topological polar surface area (TPSA) is 70.8 Å². The van der Waals surface area contributed by atoms with E-state index < -0.39 is 16.6 Å². The normalized spacial score (nSPS) is 13.1. The molecule has 0 bridgehead atoms. The van der Waals surface area contributed by atoms with Crippen molar-refractivity contribution in [1.82, 2.24) is 0 Å². The summed E-state index contributed by atoms with van der Waals surface area (Å²) in [5.41, 5.74) is 0.568. The third-order valence-corrected chi connectivity index (χ3v) is 3.26. The third kappa shape index (κ3) is 3.21. The molecule has 6 nitrogen and oxygen atoms in total. The van der Waals surface area contributed by atoms with Crippen LogP contribution in [0.4, 0.5) is 14.5 Å². The van der Waals surface area contributed by atoms with E-state index >= 15 is 0 Å². The van der Waals surface area contributed by atoms with Gasteiger partial charge in [0.2, 0.25) is 0 Å². The smallest absolute Gasteiger partial charge is 0.272 e. The first-order valence-electron chi connectivity index (χ1n) is 6.63. The average molecular weight is 323 g/mol. The predicted molar refractivity (Wildman–Crippen MR) is 74.1 cm³/mol. The van der Waals surface area contributed by atoms with Gasteiger partial charge in [-0.1, -0.05) is 0 Å². The minimum atomic E-state index is -0.867. The van der Waals surface area contributed by atoms with Crippen molar-refractivity contribution >= 4 is 5.69 Å². The molecule has 2 aromatic rings. The fourth-order valence-corrected chi connectivity index (χ4v) is 2.24. The van der Waals surface area contributed by atoms with Gasteiger partial charge in [0.1, 0.15) is 18.2 Å². The number of non-ortho nitro benzene ring substituents is 1. The van der Waals surface area contributed by atoms with Crippen LogP contribution in [-0.2, 0) is 18.0 Å². The summed E-state index contributed by atoms with van der Waals surface area (Å²) in [6, 6.07) is 5.57. The molecule has 0 spiro atoms. The van der Waals surface area contributed by atoms with E-state index in [1.807, 2.05) is 0 Å². The molecular formula is C15H11F2NO5. The van der Waals surface area contributed by atoms with Gasteiger partial charge < -0.3 is 14.2 Å². The van der Waals surface area contributed by atoms with Crippen molar-refractivity contribution in [2.75, 3.05) is 6.79 Å². The lowest BCUT2D eigenvalue weighted by molar-refractivity contribution is -0.385. The number of hydrogen-bond donors (Lipinski definition) is 0. The summed E-state index contributed by atoms with van der Waals surface area (Å²) in [5.74, 6) is -1.07. The van der Waals surface area contributed by atoms with E-state index in [9.17, 15) is 18.9 Å². The molecule has 1 heterocycles. The molecule has 2 aromatic carbocycles. The Hall–Kier alpha value is -2.74. The van der Waals surface area contributed by atoms with Crippen molar-refractivity contribution in [3.8, 4) is 11.5 Å². The Labute approximate surface area is 129 Å². The average Bonchev–Trinajstić information content (AvgIpc) is 2.53. The van der Waals surface area contributed by atoms with Gasteiger partial charge in [0.25, 0.3) is 5.69 Å². The molecular weight excluding hydrogens is 312 g/mol. The Balaban J connectivity index is 1.81. The van der Waals surface area contributed by atoms with Gasteiger partial charge in [-0.05, 0) is 18.2 Å². The molecule has 3 rings (SSSR count). The van der Waals surface area contributed by atoms with E-state index in [1.54, 1.807) is 0 Å². The first-order chi connectivity index (χ1) is 11.0. The molecule has 1 aliphatic rings. The Bertz CT molecular complexity index is 766. The standard InChI is InChI=1S/C15H11F2NO5/c16-11-3-9-6-21-8-23-15(9)10(4-11)7-22-14-2-1-12(18(19)20)5-13(14)17/h1-5H,6-8H2. The molecule has 0 radical (unpaired) electrons. The summed E-state index contributed by atoms with van der Waals surface area (Å²) >= 11 is 0. The van der Waals surface area contributed by atoms with Gasteiger partial charge in [0.05, 0.1) is 17.6 Å². The van der Waals surface area contributed by atoms with Crippen LogP contribution in [0.2, 0.25) is 0 Å². The maximum absolute atomic E-state index is 13.8. The maximum atomic E-state index is 13.8. The molecule has 0 atom stereocenters. The molecule has 0 aliphatic carbocycles. The Morgan fingerprint density at radius 1 is 1.26 bits per heavy atom. The lowest BCUT2D eigenvalue weighted by Gasteiger charge is -2.21. The number of nitro benzene ring substituents is 1. The monoisotopic (exact) mass is 323 g/mol. The Morgan fingerprint density at radius 3 is 2.83 bits per heavy atom. The first kappa shape index (κ1) is 15.2. The van der Waals surface area contributed by atoms with Crippen LogP contribution in [0.25, 0.3) is 0 Å². The lowest BCUT2D eigenvalue weighted by atomic mass is 10.1. The molecule has 0 N–H and O–H groups in total. The fourth-order valence-electron chi connectivity index (χ4n) is 2.24. The second-order valence-electron chi connectivity index (χ2n) is 4.82. The number of nitro groups is 1. The number of hydrogen-bond acceptors (Lipinski definition) is 5. The molecule has 8 heteroatoms. The molecule has 0 unspecified atom stereocenters. The van der Waals surface area contributed by atoms with Gasteiger partial charge in [0.15, 0.2) is 18.4 Å². The van der Waals surface area contributed by atoms with E-state index in [0.717, 1.165) is 18.2 Å². The van der Waals surface area contributed by atoms with Crippen LogP contribution in [0, 0.1) is 21.7 Å². The van der Waals surface area contributed by atoms with E-state index in [-0.39, 0.29) is 31.4 Å². The minimum absolute atomic E-state index is 0.0392.